The van der Waals surface area contributed by atoms with Crippen LogP contribution in [0.2, 0.25) is 0 Å². The monoisotopic (exact) mass is 212 g/mol. The van der Waals surface area contributed by atoms with Crippen LogP contribution in [0.15, 0.2) is 22.9 Å². The van der Waals surface area contributed by atoms with Crippen molar-refractivity contribution in [1.82, 2.24) is 0 Å². The van der Waals surface area contributed by atoms with Crippen molar-refractivity contribution in [3.63, 3.8) is 0 Å². The van der Waals surface area contributed by atoms with E-state index in [0.29, 0.717) is 5.03 Å². The Labute approximate surface area is 80.2 Å². The highest BCUT2D eigenvalue weighted by molar-refractivity contribution is 6.43. The smallest absolute Gasteiger partial charge is 0.114 e. The van der Waals surface area contributed by atoms with Gasteiger partial charge >= 0.3 is 0 Å². The molecule has 0 aromatic heterocycles. The molecule has 62 valence electrons. The predicted molar refractivity (Wildman–Crippen MR) is 48.5 cm³/mol. The second kappa shape index (κ2) is 2.89. The third kappa shape index (κ3) is 1.51. The van der Waals surface area contributed by atoms with Crippen molar-refractivity contribution in [3.8, 4) is 0 Å². The minimum Gasteiger partial charge on any atom is -0.511 e. The molecule has 0 heterocycles. The van der Waals surface area contributed by atoms with Crippen molar-refractivity contribution < 1.29 is 5.11 Å². The zero-order valence-corrected chi connectivity index (χ0v) is 8.08. The number of aliphatic hydroxyl groups is 1. The number of hydrogen-bond donors (Lipinski definition) is 1. The van der Waals surface area contributed by atoms with Crippen molar-refractivity contribution in [2.24, 2.45) is 0 Å². The lowest BCUT2D eigenvalue weighted by Crippen LogP contribution is -2.33. The molecule has 1 rings (SSSR count). The lowest BCUT2D eigenvalue weighted by atomic mass is 10.00. The normalized spacial score (nSPS) is 38.0. The topological polar surface area (TPSA) is 20.2 Å². The summed E-state index contributed by atoms with van der Waals surface area (Å²) in [6.45, 7) is 1.66. The van der Waals surface area contributed by atoms with Crippen LogP contribution in [0.5, 0.6) is 0 Å². The first kappa shape index (κ1) is 9.24. The number of alkyl halides is 2. The molecule has 2 unspecified atom stereocenters. The Bertz CT molecular complexity index is 230. The third-order valence-electron chi connectivity index (χ3n) is 1.60. The van der Waals surface area contributed by atoms with Crippen LogP contribution in [0, 0.1) is 0 Å². The molecule has 0 aliphatic heterocycles. The Morgan fingerprint density at radius 1 is 1.55 bits per heavy atom. The van der Waals surface area contributed by atoms with E-state index in [9.17, 15) is 5.11 Å². The molecule has 0 bridgehead atoms. The van der Waals surface area contributed by atoms with E-state index in [4.69, 9.17) is 34.8 Å². The molecule has 1 N–H and O–H groups in total. The van der Waals surface area contributed by atoms with Crippen LogP contribution in [0.3, 0.4) is 0 Å². The van der Waals surface area contributed by atoms with Crippen molar-refractivity contribution in [2.75, 3.05) is 0 Å². The fourth-order valence-corrected chi connectivity index (χ4v) is 1.40. The van der Waals surface area contributed by atoms with Gasteiger partial charge in [-0.25, -0.2) is 0 Å². The highest BCUT2D eigenvalue weighted by atomic mass is 35.5. The van der Waals surface area contributed by atoms with Crippen LogP contribution in [0.1, 0.15) is 6.92 Å². The van der Waals surface area contributed by atoms with Gasteiger partial charge in [-0.05, 0) is 19.1 Å². The summed E-state index contributed by atoms with van der Waals surface area (Å²) in [5.74, 6) is 0.0496. The number of halogens is 3. The summed E-state index contributed by atoms with van der Waals surface area (Å²) >= 11 is 17.5. The van der Waals surface area contributed by atoms with Crippen LogP contribution < -0.4 is 0 Å². The third-order valence-corrected chi connectivity index (χ3v) is 3.41. The van der Waals surface area contributed by atoms with Crippen LogP contribution >= 0.6 is 34.8 Å². The maximum atomic E-state index is 9.17. The van der Waals surface area contributed by atoms with E-state index < -0.39 is 10.3 Å². The lowest BCUT2D eigenvalue weighted by molar-refractivity contribution is 0.377. The zero-order valence-electron chi connectivity index (χ0n) is 5.81. The molecule has 1 nitrogen and oxygen atoms in total. The summed E-state index contributed by atoms with van der Waals surface area (Å²) in [6.07, 6.45) is 2.99. The molecule has 0 fully saturated rings. The number of aliphatic hydroxyl groups excluding tert-OH is 1. The summed E-state index contributed by atoms with van der Waals surface area (Å²) in [4.78, 5) is -0.887. The second-order valence-corrected chi connectivity index (χ2v) is 4.17. The fourth-order valence-electron chi connectivity index (χ4n) is 0.805. The average Bonchev–Trinajstić information content (AvgIpc) is 1.95. The predicted octanol–water partition coefficient (Wildman–Crippen LogP) is 3.17. The summed E-state index contributed by atoms with van der Waals surface area (Å²) in [6, 6.07) is 0. The molecule has 1 aliphatic carbocycles. The summed E-state index contributed by atoms with van der Waals surface area (Å²) in [5, 5.41) is 8.96. The van der Waals surface area contributed by atoms with Crippen molar-refractivity contribution >= 4 is 34.8 Å². The van der Waals surface area contributed by atoms with Gasteiger partial charge in [0, 0.05) is 5.03 Å². The molecular weight excluding hydrogens is 206 g/mol. The Morgan fingerprint density at radius 2 is 2.09 bits per heavy atom. The van der Waals surface area contributed by atoms with Gasteiger partial charge in [-0.2, -0.15) is 0 Å². The molecule has 0 radical (unpaired) electrons. The van der Waals surface area contributed by atoms with Crippen molar-refractivity contribution in [3.05, 3.63) is 22.9 Å². The first-order chi connectivity index (χ1) is 4.96. The Hall–Kier alpha value is 0.150. The summed E-state index contributed by atoms with van der Waals surface area (Å²) in [7, 11) is 0. The fraction of sp³-hybridized carbons (Fsp3) is 0.429. The van der Waals surface area contributed by atoms with E-state index in [1.807, 2.05) is 0 Å². The van der Waals surface area contributed by atoms with Crippen LogP contribution in [-0.2, 0) is 0 Å². The maximum Gasteiger partial charge on any atom is 0.114 e. The quantitative estimate of drug-likeness (QED) is 0.613. The summed E-state index contributed by atoms with van der Waals surface area (Å²) in [5.41, 5.74) is 0. The van der Waals surface area contributed by atoms with Crippen LogP contribution in [0.25, 0.3) is 0 Å². The van der Waals surface area contributed by atoms with Gasteiger partial charge in [0.05, 0.1) is 0 Å². The van der Waals surface area contributed by atoms with Gasteiger partial charge < -0.3 is 5.11 Å². The molecule has 0 aromatic carbocycles. The van der Waals surface area contributed by atoms with Gasteiger partial charge in [-0.1, -0.05) is 11.6 Å². The molecule has 1 aliphatic rings. The molecule has 0 saturated heterocycles. The van der Waals surface area contributed by atoms with E-state index in [0.717, 1.165) is 0 Å². The number of allylic oxidation sites excluding steroid dienone is 4. The van der Waals surface area contributed by atoms with Gasteiger partial charge in [0.15, 0.2) is 0 Å². The Balaban J connectivity index is 3.03. The minimum absolute atomic E-state index is 0.0496. The molecule has 11 heavy (non-hydrogen) atoms. The largest absolute Gasteiger partial charge is 0.511 e. The highest BCUT2D eigenvalue weighted by Gasteiger charge is 2.38. The second-order valence-electron chi connectivity index (χ2n) is 2.54. The average molecular weight is 213 g/mol. The first-order valence-electron chi connectivity index (χ1n) is 3.06. The first-order valence-corrected chi connectivity index (χ1v) is 4.25. The van der Waals surface area contributed by atoms with E-state index in [1.54, 1.807) is 13.0 Å². The number of hydrogen-bond acceptors (Lipinski definition) is 1. The molecule has 2 atom stereocenters. The van der Waals surface area contributed by atoms with Crippen LogP contribution in [-0.4, -0.2) is 15.4 Å². The lowest BCUT2D eigenvalue weighted by Gasteiger charge is -2.28. The van der Waals surface area contributed by atoms with Gasteiger partial charge in [-0.15, -0.1) is 23.2 Å². The minimum atomic E-state index is -0.887. The van der Waals surface area contributed by atoms with E-state index >= 15 is 0 Å². The van der Waals surface area contributed by atoms with Gasteiger partial charge in [-0.3, -0.25) is 0 Å². The SMILES string of the molecule is CC1(Cl)C(Cl)=CC=C(O)C1Cl. The molecular formula is C7H7Cl3O. The zero-order chi connectivity index (χ0) is 8.65. The Kier molecular flexibility index (Phi) is 2.43. The van der Waals surface area contributed by atoms with E-state index in [1.165, 1.54) is 6.08 Å². The summed E-state index contributed by atoms with van der Waals surface area (Å²) < 4.78 is 0. The van der Waals surface area contributed by atoms with Gasteiger partial charge in [0.2, 0.25) is 0 Å². The standard InChI is InChI=1S/C7H7Cl3O/c1-7(10)5(8)3-2-4(11)6(7)9/h2-3,6,11H,1H3. The van der Waals surface area contributed by atoms with Crippen LogP contribution in [0.4, 0.5) is 0 Å². The molecule has 0 spiro atoms. The molecule has 0 aromatic rings. The molecule has 0 saturated carbocycles. The van der Waals surface area contributed by atoms with Gasteiger partial charge in [0.1, 0.15) is 16.0 Å². The van der Waals surface area contributed by atoms with Crippen molar-refractivity contribution in [2.45, 2.75) is 17.2 Å². The molecule has 0 amide bonds. The molecule has 4 heteroatoms. The maximum absolute atomic E-state index is 9.17. The highest BCUT2D eigenvalue weighted by Crippen LogP contribution is 2.39. The van der Waals surface area contributed by atoms with Gasteiger partial charge in [0.25, 0.3) is 0 Å². The van der Waals surface area contributed by atoms with E-state index in [-0.39, 0.29) is 5.76 Å². The number of rotatable bonds is 0. The van der Waals surface area contributed by atoms with Crippen molar-refractivity contribution in [1.29, 1.82) is 0 Å². The Morgan fingerprint density at radius 3 is 2.55 bits per heavy atom. The van der Waals surface area contributed by atoms with E-state index in [2.05, 4.69) is 0 Å².